The topological polar surface area (TPSA) is 3.24 Å². The molecule has 3 aromatic rings. The van der Waals surface area contributed by atoms with Gasteiger partial charge in [0.25, 0.3) is 0 Å². The first-order valence-electron chi connectivity index (χ1n) is 9.33. The maximum atomic E-state index is 2.66. The molecule has 0 saturated carbocycles. The van der Waals surface area contributed by atoms with Crippen molar-refractivity contribution in [1.29, 1.82) is 0 Å². The van der Waals surface area contributed by atoms with Crippen LogP contribution in [-0.2, 0) is 6.54 Å². The molecule has 0 spiro atoms. The molecular weight excluding hydrogens is 338 g/mol. The largest absolute Gasteiger partial charge is 0.298 e. The Morgan fingerprint density at radius 3 is 2.19 bits per heavy atom. The summed E-state index contributed by atoms with van der Waals surface area (Å²) in [6.07, 6.45) is 1.32. The number of nitrogens with zero attached hydrogens (tertiary/aromatic N) is 1. The van der Waals surface area contributed by atoms with Crippen molar-refractivity contribution in [2.45, 2.75) is 24.8 Å². The van der Waals surface area contributed by atoms with Gasteiger partial charge >= 0.3 is 0 Å². The Labute approximate surface area is 162 Å². The van der Waals surface area contributed by atoms with E-state index in [-0.39, 0.29) is 12.4 Å². The number of hydrogen-bond donors (Lipinski definition) is 0. The molecule has 1 fully saturated rings. The molecule has 0 amide bonds. The van der Waals surface area contributed by atoms with Crippen molar-refractivity contribution in [3.8, 4) is 11.1 Å². The minimum absolute atomic E-state index is 0. The van der Waals surface area contributed by atoms with Crippen LogP contribution >= 0.6 is 12.4 Å². The molecule has 1 aliphatic carbocycles. The minimum Gasteiger partial charge on any atom is -0.298 e. The van der Waals surface area contributed by atoms with Crippen LogP contribution in [0.4, 0.5) is 0 Å². The smallest absolute Gasteiger partial charge is 0.0234 e. The van der Waals surface area contributed by atoms with E-state index >= 15 is 0 Å². The van der Waals surface area contributed by atoms with Gasteiger partial charge in [-0.05, 0) is 46.1 Å². The average Bonchev–Trinajstić information content (AvgIpc) is 2.94. The van der Waals surface area contributed by atoms with Crippen LogP contribution in [0.5, 0.6) is 0 Å². The number of hydrogen-bond acceptors (Lipinski definition) is 1. The monoisotopic (exact) mass is 361 g/mol. The SMILES string of the molecule is Cl.c1ccc(CN2CC3CC(C2)c2c(-c4ccccc4)cccc23)cc1. The zero-order chi connectivity index (χ0) is 16.6. The fraction of sp³-hybridized carbons (Fsp3) is 0.250. The highest BCUT2D eigenvalue weighted by Gasteiger charge is 2.38. The second kappa shape index (κ2) is 7.26. The van der Waals surface area contributed by atoms with Gasteiger partial charge < -0.3 is 0 Å². The van der Waals surface area contributed by atoms with Gasteiger partial charge in [-0.2, -0.15) is 0 Å². The molecule has 0 radical (unpaired) electrons. The minimum atomic E-state index is 0. The van der Waals surface area contributed by atoms with Gasteiger partial charge in [0.1, 0.15) is 0 Å². The van der Waals surface area contributed by atoms with Gasteiger partial charge in [-0.3, -0.25) is 4.90 Å². The first-order valence-corrected chi connectivity index (χ1v) is 9.33. The second-order valence-electron chi connectivity index (χ2n) is 7.48. The highest BCUT2D eigenvalue weighted by atomic mass is 35.5. The van der Waals surface area contributed by atoms with Gasteiger partial charge in [0, 0.05) is 19.6 Å². The number of likely N-dealkylation sites (tertiary alicyclic amines) is 1. The fourth-order valence-corrected chi connectivity index (χ4v) is 4.86. The van der Waals surface area contributed by atoms with Crippen molar-refractivity contribution >= 4 is 12.4 Å². The van der Waals surface area contributed by atoms with Gasteiger partial charge in [-0.15, -0.1) is 12.4 Å². The van der Waals surface area contributed by atoms with Crippen molar-refractivity contribution in [2.24, 2.45) is 0 Å². The quantitative estimate of drug-likeness (QED) is 0.564. The Hall–Kier alpha value is -2.09. The van der Waals surface area contributed by atoms with Gasteiger partial charge in [0.05, 0.1) is 0 Å². The van der Waals surface area contributed by atoms with Crippen molar-refractivity contribution in [1.82, 2.24) is 4.90 Å². The summed E-state index contributed by atoms with van der Waals surface area (Å²) in [4.78, 5) is 2.66. The van der Waals surface area contributed by atoms with Gasteiger partial charge in [0.15, 0.2) is 0 Å². The maximum absolute atomic E-state index is 2.66. The Balaban J connectivity index is 0.00000168. The summed E-state index contributed by atoms with van der Waals surface area (Å²) in [5, 5.41) is 0. The van der Waals surface area contributed by atoms with Crippen molar-refractivity contribution in [3.05, 3.63) is 95.6 Å². The third-order valence-corrected chi connectivity index (χ3v) is 5.85. The van der Waals surface area contributed by atoms with Crippen LogP contribution in [0, 0.1) is 0 Å². The molecule has 2 bridgehead atoms. The first-order chi connectivity index (χ1) is 12.4. The van der Waals surface area contributed by atoms with Crippen LogP contribution in [0.1, 0.15) is 34.9 Å². The first kappa shape index (κ1) is 17.3. The Bertz CT molecular complexity index is 875. The van der Waals surface area contributed by atoms with Crippen molar-refractivity contribution in [2.75, 3.05) is 13.1 Å². The van der Waals surface area contributed by atoms with Crippen LogP contribution in [0.15, 0.2) is 78.9 Å². The van der Waals surface area contributed by atoms with Crippen LogP contribution in [0.3, 0.4) is 0 Å². The third-order valence-electron chi connectivity index (χ3n) is 5.85. The molecule has 0 aromatic heterocycles. The molecule has 2 aliphatic rings. The summed E-state index contributed by atoms with van der Waals surface area (Å²) >= 11 is 0. The number of piperidine rings is 1. The normalized spacial score (nSPS) is 21.1. The lowest BCUT2D eigenvalue weighted by atomic mass is 9.91. The maximum Gasteiger partial charge on any atom is 0.0234 e. The number of fused-ring (bicyclic) bond motifs is 5. The van der Waals surface area contributed by atoms with Gasteiger partial charge in [0.2, 0.25) is 0 Å². The summed E-state index contributed by atoms with van der Waals surface area (Å²) in [6.45, 7) is 3.45. The van der Waals surface area contributed by atoms with Gasteiger partial charge in [-0.25, -0.2) is 0 Å². The molecule has 2 atom stereocenters. The van der Waals surface area contributed by atoms with E-state index in [1.807, 2.05) is 0 Å². The van der Waals surface area contributed by atoms with E-state index < -0.39 is 0 Å². The lowest BCUT2D eigenvalue weighted by Crippen LogP contribution is -2.34. The lowest BCUT2D eigenvalue weighted by molar-refractivity contribution is 0.195. The predicted molar refractivity (Wildman–Crippen MR) is 111 cm³/mol. The standard InChI is InChI=1S/C24H23N.ClH/c1-3-8-18(9-4-1)15-25-16-20-14-21(17-25)24-22(12-7-13-23(20)24)19-10-5-2-6-11-19;/h1-13,20-21H,14-17H2;1H. The third kappa shape index (κ3) is 3.06. The summed E-state index contributed by atoms with van der Waals surface area (Å²) in [5.74, 6) is 1.37. The summed E-state index contributed by atoms with van der Waals surface area (Å²) < 4.78 is 0. The molecule has 132 valence electrons. The summed E-state index contributed by atoms with van der Waals surface area (Å²) in [6, 6.07) is 28.7. The Morgan fingerprint density at radius 2 is 1.42 bits per heavy atom. The lowest BCUT2D eigenvalue weighted by Gasteiger charge is -2.32. The molecule has 1 heterocycles. The van der Waals surface area contributed by atoms with Crippen LogP contribution in [0.2, 0.25) is 0 Å². The van der Waals surface area contributed by atoms with Crippen LogP contribution in [-0.4, -0.2) is 18.0 Å². The molecule has 1 aliphatic heterocycles. The second-order valence-corrected chi connectivity index (χ2v) is 7.48. The van der Waals surface area contributed by atoms with Crippen molar-refractivity contribution in [3.63, 3.8) is 0 Å². The van der Waals surface area contributed by atoms with E-state index in [1.165, 1.54) is 36.2 Å². The molecule has 3 aromatic carbocycles. The number of rotatable bonds is 3. The van der Waals surface area contributed by atoms with E-state index in [1.54, 1.807) is 11.1 Å². The highest BCUT2D eigenvalue weighted by molar-refractivity contribution is 5.85. The fourth-order valence-electron chi connectivity index (χ4n) is 4.86. The van der Waals surface area contributed by atoms with E-state index in [9.17, 15) is 0 Å². The summed E-state index contributed by atoms with van der Waals surface area (Å²) in [5.41, 5.74) is 7.46. The van der Waals surface area contributed by atoms with E-state index in [0.717, 1.165) is 6.54 Å². The molecular formula is C24H24ClN. The Kier molecular flexibility index (Phi) is 4.84. The number of halogens is 1. The molecule has 2 heteroatoms. The van der Waals surface area contributed by atoms with E-state index in [0.29, 0.717) is 11.8 Å². The molecule has 1 nitrogen and oxygen atoms in total. The Morgan fingerprint density at radius 1 is 0.731 bits per heavy atom. The average molecular weight is 362 g/mol. The van der Waals surface area contributed by atoms with Crippen molar-refractivity contribution < 1.29 is 0 Å². The molecule has 0 N–H and O–H groups in total. The van der Waals surface area contributed by atoms with Crippen LogP contribution in [0.25, 0.3) is 11.1 Å². The van der Waals surface area contributed by atoms with Crippen LogP contribution < -0.4 is 0 Å². The molecule has 2 unspecified atom stereocenters. The number of benzene rings is 3. The predicted octanol–water partition coefficient (Wildman–Crippen LogP) is 5.86. The molecule has 26 heavy (non-hydrogen) atoms. The highest BCUT2D eigenvalue weighted by Crippen LogP contribution is 2.49. The van der Waals surface area contributed by atoms with Gasteiger partial charge in [-0.1, -0.05) is 78.9 Å². The molecule has 5 rings (SSSR count). The summed E-state index contributed by atoms with van der Waals surface area (Å²) in [7, 11) is 0. The molecule has 1 saturated heterocycles. The zero-order valence-corrected chi connectivity index (χ0v) is 15.7. The van der Waals surface area contributed by atoms with E-state index in [4.69, 9.17) is 0 Å². The van der Waals surface area contributed by atoms with E-state index in [2.05, 4.69) is 83.8 Å². The zero-order valence-electron chi connectivity index (χ0n) is 14.8.